The first-order valence-electron chi connectivity index (χ1n) is 9.75. The van der Waals surface area contributed by atoms with E-state index in [0.29, 0.717) is 17.6 Å². The molecule has 6 heteroatoms. The summed E-state index contributed by atoms with van der Waals surface area (Å²) in [7, 11) is 0. The molecule has 3 rings (SSSR count). The normalized spacial score (nSPS) is 10.9. The molecule has 0 saturated carbocycles. The molecule has 0 radical (unpaired) electrons. The molecule has 0 saturated heterocycles. The molecule has 2 aromatic carbocycles. The molecule has 1 aromatic heterocycles. The van der Waals surface area contributed by atoms with E-state index in [4.69, 9.17) is 9.47 Å². The first kappa shape index (κ1) is 20.5. The number of nitrogens with zero attached hydrogens (tertiary/aromatic N) is 1. The Kier molecular flexibility index (Phi) is 6.22. The predicted octanol–water partition coefficient (Wildman–Crippen LogP) is 5.27. The maximum atomic E-state index is 12.3. The lowest BCUT2D eigenvalue weighted by Crippen LogP contribution is -2.09. The molecule has 152 valence electrons. The van der Waals surface area contributed by atoms with Crippen LogP contribution in [0.25, 0.3) is 10.8 Å². The molecule has 6 nitrogen and oxygen atoms in total. The van der Waals surface area contributed by atoms with E-state index in [9.17, 15) is 15.0 Å². The highest BCUT2D eigenvalue weighted by Crippen LogP contribution is 2.37. The summed E-state index contributed by atoms with van der Waals surface area (Å²) in [5.74, 6) is -0.229. The van der Waals surface area contributed by atoms with E-state index in [1.54, 1.807) is 18.2 Å². The van der Waals surface area contributed by atoms with Gasteiger partial charge in [-0.15, -0.1) is 0 Å². The monoisotopic (exact) mass is 395 g/mol. The van der Waals surface area contributed by atoms with E-state index in [0.717, 1.165) is 29.7 Å². The minimum Gasteiger partial charge on any atom is -0.505 e. The van der Waals surface area contributed by atoms with E-state index in [1.165, 1.54) is 0 Å². The SMILES string of the molecule is CCCCOC(=O)c1nc(O)c2ccc(Oc3c(C)cccc3CC)cc2c1O. The standard InChI is InChI=1S/C23H25NO5/c1-4-6-12-28-23(27)19-20(25)18-13-16(10-11-17(18)22(26)24-19)29-21-14(3)8-7-9-15(21)5-2/h7-11,13,25H,4-6,12H2,1-3H3,(H,24,26). The van der Waals surface area contributed by atoms with Gasteiger partial charge in [0.05, 0.1) is 6.61 Å². The van der Waals surface area contributed by atoms with E-state index in [-0.39, 0.29) is 29.3 Å². The van der Waals surface area contributed by atoms with Crippen molar-refractivity contribution in [1.29, 1.82) is 0 Å². The van der Waals surface area contributed by atoms with Crippen LogP contribution in [0.1, 0.15) is 48.3 Å². The minimum absolute atomic E-state index is 0.228. The molecule has 29 heavy (non-hydrogen) atoms. The van der Waals surface area contributed by atoms with Gasteiger partial charge < -0.3 is 19.7 Å². The largest absolute Gasteiger partial charge is 0.505 e. The maximum absolute atomic E-state index is 12.3. The van der Waals surface area contributed by atoms with Gasteiger partial charge in [0.2, 0.25) is 5.88 Å². The minimum atomic E-state index is -0.772. The molecule has 0 aliphatic rings. The van der Waals surface area contributed by atoms with Crippen LogP contribution in [0.2, 0.25) is 0 Å². The lowest BCUT2D eigenvalue weighted by Gasteiger charge is -2.14. The second kappa shape index (κ2) is 8.82. The molecule has 0 aliphatic heterocycles. The molecule has 0 aliphatic carbocycles. The highest BCUT2D eigenvalue weighted by Gasteiger charge is 2.21. The second-order valence-corrected chi connectivity index (χ2v) is 6.85. The van der Waals surface area contributed by atoms with Gasteiger partial charge in [-0.1, -0.05) is 38.5 Å². The van der Waals surface area contributed by atoms with Crippen molar-refractivity contribution in [2.75, 3.05) is 6.61 Å². The van der Waals surface area contributed by atoms with Gasteiger partial charge in [0.1, 0.15) is 11.5 Å². The molecule has 0 unspecified atom stereocenters. The molecule has 0 atom stereocenters. The Hall–Kier alpha value is -3.28. The molecule has 2 N–H and O–H groups in total. The van der Waals surface area contributed by atoms with Crippen molar-refractivity contribution in [3.8, 4) is 23.1 Å². The van der Waals surface area contributed by atoms with Crippen molar-refractivity contribution in [3.63, 3.8) is 0 Å². The number of aryl methyl sites for hydroxylation is 2. The van der Waals surface area contributed by atoms with Crippen molar-refractivity contribution < 1.29 is 24.5 Å². The molecule has 3 aromatic rings. The topological polar surface area (TPSA) is 88.9 Å². The van der Waals surface area contributed by atoms with Gasteiger partial charge in [0, 0.05) is 10.8 Å². The van der Waals surface area contributed by atoms with Crippen molar-refractivity contribution >= 4 is 16.7 Å². The molecular weight excluding hydrogens is 370 g/mol. The fraction of sp³-hybridized carbons (Fsp3) is 0.304. The third kappa shape index (κ3) is 4.26. The van der Waals surface area contributed by atoms with Crippen molar-refractivity contribution in [3.05, 3.63) is 53.2 Å². The van der Waals surface area contributed by atoms with Crippen LogP contribution in [0.5, 0.6) is 23.1 Å². The van der Waals surface area contributed by atoms with Gasteiger partial charge in [-0.25, -0.2) is 9.78 Å². The number of carbonyl (C=O) groups excluding carboxylic acids is 1. The number of aromatic nitrogens is 1. The number of rotatable bonds is 7. The number of hydrogen-bond acceptors (Lipinski definition) is 6. The number of pyridine rings is 1. The molecular formula is C23H25NO5. The van der Waals surface area contributed by atoms with Crippen molar-refractivity contribution in [2.45, 2.75) is 40.0 Å². The average Bonchev–Trinajstić information content (AvgIpc) is 2.72. The van der Waals surface area contributed by atoms with Gasteiger partial charge in [-0.2, -0.15) is 0 Å². The molecule has 1 heterocycles. The van der Waals surface area contributed by atoms with Gasteiger partial charge in [-0.3, -0.25) is 0 Å². The van der Waals surface area contributed by atoms with Crippen LogP contribution in [0.4, 0.5) is 0 Å². The van der Waals surface area contributed by atoms with Gasteiger partial charge in [0.15, 0.2) is 11.4 Å². The number of carbonyl (C=O) groups is 1. The third-order valence-electron chi connectivity index (χ3n) is 4.75. The number of hydrogen-bond donors (Lipinski definition) is 2. The third-order valence-corrected chi connectivity index (χ3v) is 4.75. The Bertz CT molecular complexity index is 1050. The van der Waals surface area contributed by atoms with Crippen molar-refractivity contribution in [2.24, 2.45) is 0 Å². The summed E-state index contributed by atoms with van der Waals surface area (Å²) >= 11 is 0. The number of fused-ring (bicyclic) bond motifs is 1. The summed E-state index contributed by atoms with van der Waals surface area (Å²) in [6, 6.07) is 10.8. The number of ether oxygens (including phenoxy) is 2. The molecule has 0 spiro atoms. The summed E-state index contributed by atoms with van der Waals surface area (Å²) in [6.45, 7) is 6.22. The summed E-state index contributed by atoms with van der Waals surface area (Å²) in [6.07, 6.45) is 2.39. The van der Waals surface area contributed by atoms with Crippen LogP contribution < -0.4 is 4.74 Å². The van der Waals surface area contributed by atoms with Crippen molar-refractivity contribution in [1.82, 2.24) is 4.98 Å². The number of esters is 1. The van der Waals surface area contributed by atoms with Crippen LogP contribution in [-0.4, -0.2) is 27.8 Å². The first-order chi connectivity index (χ1) is 14.0. The number of benzene rings is 2. The fourth-order valence-electron chi connectivity index (χ4n) is 3.10. The van der Waals surface area contributed by atoms with Gasteiger partial charge in [-0.05, 0) is 49.1 Å². The highest BCUT2D eigenvalue weighted by molar-refractivity contribution is 6.01. The van der Waals surface area contributed by atoms with E-state index in [1.807, 2.05) is 39.0 Å². The molecule has 0 fully saturated rings. The summed E-state index contributed by atoms with van der Waals surface area (Å²) < 4.78 is 11.2. The van der Waals surface area contributed by atoms with E-state index < -0.39 is 5.97 Å². The van der Waals surface area contributed by atoms with Crippen LogP contribution in [0.3, 0.4) is 0 Å². The molecule has 0 bridgehead atoms. The summed E-state index contributed by atoms with van der Waals surface area (Å²) in [5.41, 5.74) is 1.74. The van der Waals surface area contributed by atoms with Crippen LogP contribution in [-0.2, 0) is 11.2 Å². The molecule has 0 amide bonds. The van der Waals surface area contributed by atoms with Gasteiger partial charge >= 0.3 is 5.97 Å². The Balaban J connectivity index is 2.01. The van der Waals surface area contributed by atoms with Crippen LogP contribution in [0, 0.1) is 6.92 Å². The Morgan fingerprint density at radius 2 is 1.90 bits per heavy atom. The number of aromatic hydroxyl groups is 2. The summed E-state index contributed by atoms with van der Waals surface area (Å²) in [4.78, 5) is 16.1. The van der Waals surface area contributed by atoms with Gasteiger partial charge in [0.25, 0.3) is 0 Å². The highest BCUT2D eigenvalue weighted by atomic mass is 16.5. The zero-order valence-corrected chi connectivity index (χ0v) is 16.9. The Morgan fingerprint density at radius 1 is 1.10 bits per heavy atom. The van der Waals surface area contributed by atoms with E-state index in [2.05, 4.69) is 4.98 Å². The van der Waals surface area contributed by atoms with Crippen LogP contribution in [0.15, 0.2) is 36.4 Å². The Morgan fingerprint density at radius 3 is 2.62 bits per heavy atom. The zero-order valence-electron chi connectivity index (χ0n) is 16.9. The fourth-order valence-corrected chi connectivity index (χ4v) is 3.10. The zero-order chi connectivity index (χ0) is 21.0. The van der Waals surface area contributed by atoms with E-state index >= 15 is 0 Å². The lowest BCUT2D eigenvalue weighted by molar-refractivity contribution is 0.0488. The predicted molar refractivity (Wildman–Crippen MR) is 111 cm³/mol. The second-order valence-electron chi connectivity index (χ2n) is 6.85. The Labute approximate surface area is 169 Å². The quantitative estimate of drug-likeness (QED) is 0.419. The first-order valence-corrected chi connectivity index (χ1v) is 9.75. The number of unbranched alkanes of at least 4 members (excludes halogenated alkanes) is 1. The smallest absolute Gasteiger partial charge is 0.360 e. The maximum Gasteiger partial charge on any atom is 0.360 e. The number of para-hydroxylation sites is 1. The average molecular weight is 395 g/mol. The van der Waals surface area contributed by atoms with Crippen LogP contribution >= 0.6 is 0 Å². The summed E-state index contributed by atoms with van der Waals surface area (Å²) in [5, 5.41) is 21.4. The lowest BCUT2D eigenvalue weighted by atomic mass is 10.1.